The van der Waals surface area contributed by atoms with E-state index in [2.05, 4.69) is 10.6 Å². The van der Waals surface area contributed by atoms with E-state index in [9.17, 15) is 19.8 Å². The van der Waals surface area contributed by atoms with Gasteiger partial charge in [-0.2, -0.15) is 0 Å². The fourth-order valence-electron chi connectivity index (χ4n) is 2.49. The Hall–Kier alpha value is -3.54. The quantitative estimate of drug-likeness (QED) is 0.253. The number of hydrogen-bond acceptors (Lipinski definition) is 8. The molecule has 0 heterocycles. The highest BCUT2D eigenvalue weighted by Crippen LogP contribution is 2.26. The predicted molar refractivity (Wildman–Crippen MR) is 112 cm³/mol. The summed E-state index contributed by atoms with van der Waals surface area (Å²) in [6.45, 7) is 0. The van der Waals surface area contributed by atoms with Crippen LogP contribution in [0.1, 0.15) is 11.1 Å². The molecule has 0 radical (unpaired) electrons. The van der Waals surface area contributed by atoms with E-state index >= 15 is 0 Å². The number of rotatable bonds is 8. The molecule has 0 bridgehead atoms. The summed E-state index contributed by atoms with van der Waals surface area (Å²) in [5.74, 6) is -2.82. The number of phenolic OH excluding ortho intramolecular Hbond substituents is 4. The van der Waals surface area contributed by atoms with Crippen molar-refractivity contribution in [2.45, 2.75) is 24.9 Å². The van der Waals surface area contributed by atoms with E-state index in [-0.39, 0.29) is 41.3 Å². The average molecular weight is 440 g/mol. The summed E-state index contributed by atoms with van der Waals surface area (Å²) in [6, 6.07) is 7.11. The molecule has 0 fully saturated rings. The number of carbonyl (C=O) groups is 2. The number of likely N-dealkylation sites (N-methyl/N-ethyl adjacent to an activating group) is 2. The van der Waals surface area contributed by atoms with Crippen LogP contribution in [0.2, 0.25) is 0 Å². The highest BCUT2D eigenvalue weighted by Gasteiger charge is 2.16. The van der Waals surface area contributed by atoms with Gasteiger partial charge in [-0.25, -0.2) is 0 Å². The lowest BCUT2D eigenvalue weighted by atomic mass is 10.1. The van der Waals surface area contributed by atoms with Crippen LogP contribution in [0.15, 0.2) is 36.4 Å². The Morgan fingerprint density at radius 1 is 0.710 bits per heavy atom. The van der Waals surface area contributed by atoms with Gasteiger partial charge in [0.1, 0.15) is 12.1 Å². The third-order valence-electron chi connectivity index (χ3n) is 4.25. The van der Waals surface area contributed by atoms with Gasteiger partial charge >= 0.3 is 11.9 Å². The van der Waals surface area contributed by atoms with Crippen LogP contribution >= 0.6 is 0 Å². The fourth-order valence-corrected chi connectivity index (χ4v) is 2.49. The topological polar surface area (TPSA) is 211 Å². The summed E-state index contributed by atoms with van der Waals surface area (Å²) in [5, 5.41) is 59.4. The Labute approximate surface area is 178 Å². The van der Waals surface area contributed by atoms with E-state index in [1.165, 1.54) is 24.3 Å². The van der Waals surface area contributed by atoms with E-state index in [1.54, 1.807) is 26.2 Å². The molecule has 0 aliphatic carbocycles. The molecule has 0 unspecified atom stereocenters. The fraction of sp³-hybridized carbons (Fsp3) is 0.300. The number of benzene rings is 2. The molecule has 2 atom stereocenters. The Balaban J connectivity index is 0.000000562. The molecule has 172 valence electrons. The number of phenols is 4. The molecule has 0 aromatic heterocycles. The molecule has 2 rings (SSSR count). The average Bonchev–Trinajstić information content (AvgIpc) is 2.69. The van der Waals surface area contributed by atoms with Crippen LogP contribution in [0.5, 0.6) is 23.0 Å². The Kier molecular flexibility index (Phi) is 11.4. The Morgan fingerprint density at radius 2 is 1.03 bits per heavy atom. The first kappa shape index (κ1) is 27.5. The zero-order valence-corrected chi connectivity index (χ0v) is 17.0. The molecule has 31 heavy (non-hydrogen) atoms. The zero-order chi connectivity index (χ0) is 22.8. The van der Waals surface area contributed by atoms with Crippen molar-refractivity contribution in [1.82, 2.24) is 10.6 Å². The summed E-state index contributed by atoms with van der Waals surface area (Å²) >= 11 is 0. The number of carboxylic acid groups (broad SMARTS) is 2. The van der Waals surface area contributed by atoms with Gasteiger partial charge in [-0.15, -0.1) is 0 Å². The third-order valence-corrected chi connectivity index (χ3v) is 4.25. The Bertz CT molecular complexity index is 802. The van der Waals surface area contributed by atoms with Crippen molar-refractivity contribution in [3.63, 3.8) is 0 Å². The van der Waals surface area contributed by atoms with Gasteiger partial charge in [-0.1, -0.05) is 12.1 Å². The third kappa shape index (κ3) is 8.78. The van der Waals surface area contributed by atoms with Crippen molar-refractivity contribution in [3.8, 4) is 23.0 Å². The first-order chi connectivity index (χ1) is 14.1. The SMILES string of the molecule is CN[C@@H](Cc1ccc(O)c(O)c1)C(=O)O.CN[C@@H](Cc1ccc(O)c(O)c1)C(=O)O.O. The van der Waals surface area contributed by atoms with Crippen molar-refractivity contribution in [2.24, 2.45) is 0 Å². The maximum atomic E-state index is 10.7. The van der Waals surface area contributed by atoms with E-state index in [0.29, 0.717) is 11.1 Å². The molecule has 0 amide bonds. The van der Waals surface area contributed by atoms with Crippen LogP contribution in [0, 0.1) is 0 Å². The lowest BCUT2D eigenvalue weighted by Crippen LogP contribution is -2.35. The summed E-state index contributed by atoms with van der Waals surface area (Å²) in [4.78, 5) is 21.4. The highest BCUT2D eigenvalue weighted by atomic mass is 16.4. The smallest absolute Gasteiger partial charge is 0.321 e. The molecule has 0 saturated heterocycles. The summed E-state index contributed by atoms with van der Waals surface area (Å²) in [7, 11) is 3.11. The van der Waals surface area contributed by atoms with Gasteiger partial charge < -0.3 is 46.7 Å². The lowest BCUT2D eigenvalue weighted by molar-refractivity contribution is -0.140. The van der Waals surface area contributed by atoms with Crippen molar-refractivity contribution >= 4 is 11.9 Å². The van der Waals surface area contributed by atoms with Crippen LogP contribution in [0.4, 0.5) is 0 Å². The monoisotopic (exact) mass is 440 g/mol. The molecular weight excluding hydrogens is 412 g/mol. The van der Waals surface area contributed by atoms with Crippen LogP contribution in [-0.4, -0.2) is 74.2 Å². The van der Waals surface area contributed by atoms with E-state index in [4.69, 9.17) is 20.4 Å². The Morgan fingerprint density at radius 3 is 1.26 bits per heavy atom. The molecule has 10 N–H and O–H groups in total. The van der Waals surface area contributed by atoms with Crippen molar-refractivity contribution < 1.29 is 45.7 Å². The summed E-state index contributed by atoms with van der Waals surface area (Å²) in [6.07, 6.45) is 0.499. The van der Waals surface area contributed by atoms with Crippen LogP contribution in [0.25, 0.3) is 0 Å². The minimum absolute atomic E-state index is 0. The zero-order valence-electron chi connectivity index (χ0n) is 17.0. The summed E-state index contributed by atoms with van der Waals surface area (Å²) in [5.41, 5.74) is 1.29. The molecule has 0 aliphatic rings. The van der Waals surface area contributed by atoms with Crippen molar-refractivity contribution in [2.75, 3.05) is 14.1 Å². The molecule has 2 aromatic carbocycles. The molecule has 0 aliphatic heterocycles. The summed E-state index contributed by atoms with van der Waals surface area (Å²) < 4.78 is 0. The van der Waals surface area contributed by atoms with Crippen molar-refractivity contribution in [3.05, 3.63) is 47.5 Å². The second-order valence-electron chi connectivity index (χ2n) is 6.41. The molecular formula is C20H28N2O9. The first-order valence-electron chi connectivity index (χ1n) is 8.90. The number of hydrogen-bond donors (Lipinski definition) is 8. The highest BCUT2D eigenvalue weighted by molar-refractivity contribution is 5.74. The van der Waals surface area contributed by atoms with Gasteiger partial charge in [0.2, 0.25) is 0 Å². The standard InChI is InChI=1S/2C10H13NO4.H2O/c2*1-11-7(10(14)15)4-6-2-3-8(12)9(13)5-6;/h2*2-3,5,7,11-13H,4H2,1H3,(H,14,15);1H2/t2*7-;/m00./s1. The van der Waals surface area contributed by atoms with E-state index in [0.717, 1.165) is 0 Å². The maximum Gasteiger partial charge on any atom is 0.321 e. The van der Waals surface area contributed by atoms with Crippen LogP contribution in [-0.2, 0) is 22.4 Å². The van der Waals surface area contributed by atoms with Gasteiger partial charge in [-0.3, -0.25) is 9.59 Å². The minimum atomic E-state index is -0.954. The second-order valence-corrected chi connectivity index (χ2v) is 6.41. The van der Waals surface area contributed by atoms with Gasteiger partial charge in [0, 0.05) is 0 Å². The van der Waals surface area contributed by atoms with Crippen LogP contribution in [0.3, 0.4) is 0 Å². The van der Waals surface area contributed by atoms with Gasteiger partial charge in [0.25, 0.3) is 0 Å². The molecule has 0 spiro atoms. The predicted octanol–water partition coefficient (Wildman–Crippen LogP) is -0.199. The normalized spacial score (nSPS) is 11.9. The second kappa shape index (κ2) is 12.9. The largest absolute Gasteiger partial charge is 0.504 e. The van der Waals surface area contributed by atoms with Gasteiger partial charge in [-0.05, 0) is 62.3 Å². The molecule has 2 aromatic rings. The number of nitrogens with one attached hydrogen (secondary N) is 2. The van der Waals surface area contributed by atoms with Crippen LogP contribution < -0.4 is 10.6 Å². The maximum absolute atomic E-state index is 10.7. The minimum Gasteiger partial charge on any atom is -0.504 e. The first-order valence-corrected chi connectivity index (χ1v) is 8.90. The lowest BCUT2D eigenvalue weighted by Gasteiger charge is -2.11. The molecule has 11 heteroatoms. The number of aromatic hydroxyl groups is 4. The molecule has 0 saturated carbocycles. The van der Waals surface area contributed by atoms with Gasteiger partial charge in [0.15, 0.2) is 23.0 Å². The van der Waals surface area contributed by atoms with Gasteiger partial charge in [0.05, 0.1) is 0 Å². The van der Waals surface area contributed by atoms with Crippen molar-refractivity contribution in [1.29, 1.82) is 0 Å². The van der Waals surface area contributed by atoms with E-state index in [1.807, 2.05) is 0 Å². The number of carboxylic acids is 2. The molecule has 11 nitrogen and oxygen atoms in total. The number of aliphatic carboxylic acids is 2. The van der Waals surface area contributed by atoms with E-state index < -0.39 is 24.0 Å².